The lowest BCUT2D eigenvalue weighted by molar-refractivity contribution is 0.0977. The molecule has 0 atom stereocenters. The van der Waals surface area contributed by atoms with Crippen LogP contribution in [0.3, 0.4) is 0 Å². The van der Waals surface area contributed by atoms with Gasteiger partial charge in [0.05, 0.1) is 24.9 Å². The van der Waals surface area contributed by atoms with Crippen LogP contribution in [0.1, 0.15) is 16.1 Å². The van der Waals surface area contributed by atoms with Gasteiger partial charge in [0.25, 0.3) is 15.9 Å². The van der Waals surface area contributed by atoms with Gasteiger partial charge in [0.15, 0.2) is 0 Å². The number of methoxy groups -OCH3 is 1. The minimum Gasteiger partial charge on any atom is -0.495 e. The molecule has 0 unspecified atom stereocenters. The van der Waals surface area contributed by atoms with Gasteiger partial charge in [-0.3, -0.25) is 9.48 Å². The molecule has 3 aromatic heterocycles. The zero-order valence-electron chi connectivity index (χ0n) is 18.6. The molecule has 0 aliphatic heterocycles. The number of carbonyl (C=O) groups excluding carboxylic acids is 1. The Morgan fingerprint density at radius 3 is 2.57 bits per heavy atom. The SMILES string of the molecule is COc1ccc(Cn2cccn2)cc1S(=O)(=O)NC(=O)c1ccc2c(-n3cccn3)cccc2n1. The van der Waals surface area contributed by atoms with Crippen LogP contribution in [-0.2, 0) is 16.6 Å². The molecule has 10 nitrogen and oxygen atoms in total. The molecule has 2 aromatic carbocycles. The molecule has 1 amide bonds. The Bertz CT molecular complexity index is 1610. The molecule has 176 valence electrons. The third-order valence-electron chi connectivity index (χ3n) is 5.34. The van der Waals surface area contributed by atoms with Crippen molar-refractivity contribution in [2.75, 3.05) is 7.11 Å². The van der Waals surface area contributed by atoms with Gasteiger partial charge >= 0.3 is 0 Å². The van der Waals surface area contributed by atoms with Gasteiger partial charge in [-0.15, -0.1) is 0 Å². The lowest BCUT2D eigenvalue weighted by Crippen LogP contribution is -2.31. The fourth-order valence-electron chi connectivity index (χ4n) is 3.72. The highest BCUT2D eigenvalue weighted by molar-refractivity contribution is 7.90. The maximum absolute atomic E-state index is 13.1. The first-order valence-electron chi connectivity index (χ1n) is 10.6. The topological polar surface area (TPSA) is 121 Å². The van der Waals surface area contributed by atoms with Crippen LogP contribution in [0.25, 0.3) is 16.6 Å². The summed E-state index contributed by atoms with van der Waals surface area (Å²) < 4.78 is 37.0. The molecule has 0 saturated carbocycles. The summed E-state index contributed by atoms with van der Waals surface area (Å²) in [5.74, 6) is -0.735. The monoisotopic (exact) mass is 488 g/mol. The molecule has 0 radical (unpaired) electrons. The number of nitrogens with one attached hydrogen (secondary N) is 1. The van der Waals surface area contributed by atoms with Gasteiger partial charge in [-0.25, -0.2) is 22.8 Å². The Hall–Kier alpha value is -4.51. The number of rotatable bonds is 7. The number of aromatic nitrogens is 5. The second-order valence-electron chi connectivity index (χ2n) is 7.61. The first-order valence-corrected chi connectivity index (χ1v) is 12.0. The van der Waals surface area contributed by atoms with E-state index in [2.05, 4.69) is 19.9 Å². The van der Waals surface area contributed by atoms with Gasteiger partial charge in [0.1, 0.15) is 16.3 Å². The van der Waals surface area contributed by atoms with Gasteiger partial charge < -0.3 is 4.74 Å². The van der Waals surface area contributed by atoms with E-state index in [9.17, 15) is 13.2 Å². The largest absolute Gasteiger partial charge is 0.495 e. The van der Waals surface area contributed by atoms with Crippen molar-refractivity contribution in [1.29, 1.82) is 0 Å². The van der Waals surface area contributed by atoms with E-state index < -0.39 is 15.9 Å². The highest BCUT2D eigenvalue weighted by Crippen LogP contribution is 2.26. The van der Waals surface area contributed by atoms with Gasteiger partial charge in [0.2, 0.25) is 0 Å². The smallest absolute Gasteiger partial charge is 0.283 e. The Morgan fingerprint density at radius 1 is 1.00 bits per heavy atom. The molecular weight excluding hydrogens is 468 g/mol. The summed E-state index contributed by atoms with van der Waals surface area (Å²) in [6, 6.07) is 16.9. The Balaban J connectivity index is 1.44. The zero-order chi connectivity index (χ0) is 24.4. The molecule has 35 heavy (non-hydrogen) atoms. The van der Waals surface area contributed by atoms with Crippen molar-refractivity contribution < 1.29 is 17.9 Å². The number of carbonyl (C=O) groups is 1. The summed E-state index contributed by atoms with van der Waals surface area (Å²) >= 11 is 0. The standard InChI is InChI=1S/C24H20N6O4S/c1-34-22-10-7-17(16-29-13-3-11-25-29)15-23(22)35(32,33)28-24(31)20-9-8-18-19(27-20)5-2-6-21(18)30-14-4-12-26-30/h2-15H,16H2,1H3,(H,28,31). The van der Waals surface area contributed by atoms with Crippen LogP contribution in [0.4, 0.5) is 0 Å². The van der Waals surface area contributed by atoms with Gasteiger partial charge in [-0.05, 0) is 54.1 Å². The van der Waals surface area contributed by atoms with E-state index in [-0.39, 0.29) is 16.3 Å². The summed E-state index contributed by atoms with van der Waals surface area (Å²) in [4.78, 5) is 17.1. The Kier molecular flexibility index (Phi) is 5.75. The van der Waals surface area contributed by atoms with Crippen molar-refractivity contribution in [1.82, 2.24) is 29.3 Å². The van der Waals surface area contributed by atoms with Crippen LogP contribution < -0.4 is 9.46 Å². The second kappa shape index (κ2) is 9.03. The van der Waals surface area contributed by atoms with Gasteiger partial charge in [-0.2, -0.15) is 10.2 Å². The highest BCUT2D eigenvalue weighted by Gasteiger charge is 2.24. The van der Waals surface area contributed by atoms with Crippen molar-refractivity contribution in [3.05, 3.63) is 96.7 Å². The summed E-state index contributed by atoms with van der Waals surface area (Å²) in [6.07, 6.45) is 6.87. The molecule has 0 saturated heterocycles. The van der Waals surface area contributed by atoms with Crippen LogP contribution in [0.2, 0.25) is 0 Å². The molecule has 1 N–H and O–H groups in total. The molecule has 3 heterocycles. The van der Waals surface area contributed by atoms with E-state index in [1.54, 1.807) is 76.6 Å². The Labute approximate surface area is 200 Å². The van der Waals surface area contributed by atoms with E-state index in [4.69, 9.17) is 4.74 Å². The third kappa shape index (κ3) is 4.49. The lowest BCUT2D eigenvalue weighted by atomic mass is 10.1. The van der Waals surface area contributed by atoms with Gasteiger partial charge in [-0.1, -0.05) is 12.1 Å². The number of fused-ring (bicyclic) bond motifs is 1. The molecule has 0 spiro atoms. The van der Waals surface area contributed by atoms with Crippen LogP contribution in [0.5, 0.6) is 5.75 Å². The van der Waals surface area contributed by atoms with Crippen LogP contribution >= 0.6 is 0 Å². The summed E-state index contributed by atoms with van der Waals surface area (Å²) in [7, 11) is -2.89. The van der Waals surface area contributed by atoms with E-state index in [1.807, 2.05) is 6.07 Å². The number of sulfonamides is 1. The van der Waals surface area contributed by atoms with Crippen molar-refractivity contribution >= 4 is 26.8 Å². The van der Waals surface area contributed by atoms with E-state index in [1.165, 1.54) is 19.2 Å². The molecule has 5 aromatic rings. The lowest BCUT2D eigenvalue weighted by Gasteiger charge is -2.13. The molecular formula is C24H20N6O4S. The number of nitrogens with zero attached hydrogens (tertiary/aromatic N) is 5. The highest BCUT2D eigenvalue weighted by atomic mass is 32.2. The van der Waals surface area contributed by atoms with E-state index >= 15 is 0 Å². The maximum atomic E-state index is 13.1. The fraction of sp³-hybridized carbons (Fsp3) is 0.0833. The zero-order valence-corrected chi connectivity index (χ0v) is 19.4. The van der Waals surface area contributed by atoms with E-state index in [0.717, 1.165) is 11.1 Å². The molecule has 5 rings (SSSR count). The quantitative estimate of drug-likeness (QED) is 0.374. The number of amides is 1. The number of ether oxygens (including phenoxy) is 1. The molecule has 0 fully saturated rings. The fourth-order valence-corrected chi connectivity index (χ4v) is 4.90. The summed E-state index contributed by atoms with van der Waals surface area (Å²) in [5, 5.41) is 9.14. The average molecular weight is 489 g/mol. The maximum Gasteiger partial charge on any atom is 0.283 e. The van der Waals surface area contributed by atoms with E-state index in [0.29, 0.717) is 17.6 Å². The third-order valence-corrected chi connectivity index (χ3v) is 6.69. The molecule has 0 aliphatic rings. The molecule has 0 bridgehead atoms. The van der Waals surface area contributed by atoms with Crippen molar-refractivity contribution in [3.8, 4) is 11.4 Å². The second-order valence-corrected chi connectivity index (χ2v) is 9.27. The average Bonchev–Trinajstić information content (AvgIpc) is 3.58. The predicted octanol–water partition coefficient (Wildman–Crippen LogP) is 2.79. The van der Waals surface area contributed by atoms with Crippen molar-refractivity contribution in [2.45, 2.75) is 11.4 Å². The van der Waals surface area contributed by atoms with Crippen LogP contribution in [0.15, 0.2) is 90.3 Å². The van der Waals surface area contributed by atoms with Gasteiger partial charge in [0, 0.05) is 30.2 Å². The minimum absolute atomic E-state index is 0.0367. The van der Waals surface area contributed by atoms with Crippen LogP contribution in [-0.4, -0.2) is 46.0 Å². The molecule has 0 aliphatic carbocycles. The number of hydrogen-bond donors (Lipinski definition) is 1. The van der Waals surface area contributed by atoms with Crippen molar-refractivity contribution in [2.24, 2.45) is 0 Å². The first kappa shape index (κ1) is 22.3. The van der Waals surface area contributed by atoms with Crippen LogP contribution in [0, 0.1) is 0 Å². The van der Waals surface area contributed by atoms with Crippen molar-refractivity contribution in [3.63, 3.8) is 0 Å². The number of benzene rings is 2. The molecule has 11 heteroatoms. The summed E-state index contributed by atoms with van der Waals surface area (Å²) in [5.41, 5.74) is 1.96. The minimum atomic E-state index is -4.26. The number of pyridine rings is 1. The normalized spacial score (nSPS) is 11.5. The predicted molar refractivity (Wildman–Crippen MR) is 128 cm³/mol. The summed E-state index contributed by atoms with van der Waals surface area (Å²) in [6.45, 7) is 0.359. The number of hydrogen-bond acceptors (Lipinski definition) is 7. The Morgan fingerprint density at radius 2 is 1.83 bits per heavy atom. The first-order chi connectivity index (χ1) is 16.9.